The molecule has 4 aliphatic rings. The first-order valence-corrected chi connectivity index (χ1v) is 9.30. The van der Waals surface area contributed by atoms with Crippen LogP contribution >= 0.6 is 0 Å². The number of amides is 2. The Hall–Kier alpha value is -1.59. The molecule has 2 saturated carbocycles. The molecule has 2 aliphatic heterocycles. The maximum atomic E-state index is 12.8. The zero-order valence-corrected chi connectivity index (χ0v) is 14.1. The van der Waals surface area contributed by atoms with Crippen LogP contribution in [-0.2, 0) is 14.4 Å². The van der Waals surface area contributed by atoms with Gasteiger partial charge in [-0.3, -0.25) is 14.4 Å². The minimum Gasteiger partial charge on any atom is -0.481 e. The molecule has 2 aliphatic carbocycles. The molecule has 6 heteroatoms. The predicted molar refractivity (Wildman–Crippen MR) is 86.0 cm³/mol. The lowest BCUT2D eigenvalue weighted by atomic mass is 9.89. The summed E-state index contributed by atoms with van der Waals surface area (Å²) >= 11 is 0. The average Bonchev–Trinajstić information content (AvgIpc) is 3.50. The molecule has 1 N–H and O–H groups in total. The Labute approximate surface area is 142 Å². The van der Waals surface area contributed by atoms with Gasteiger partial charge in [0.2, 0.25) is 11.8 Å². The lowest BCUT2D eigenvalue weighted by Gasteiger charge is -2.38. The van der Waals surface area contributed by atoms with Crippen LogP contribution in [0, 0.1) is 23.2 Å². The Bertz CT molecular complexity index is 563. The van der Waals surface area contributed by atoms with Crippen molar-refractivity contribution in [2.75, 3.05) is 26.2 Å². The first-order valence-electron chi connectivity index (χ1n) is 9.30. The molecule has 2 amide bonds. The quantitative estimate of drug-likeness (QED) is 0.845. The highest BCUT2D eigenvalue weighted by Gasteiger charge is 2.59. The summed E-state index contributed by atoms with van der Waals surface area (Å²) in [6.45, 7) is 2.72. The SMILES string of the molecule is O=C(O)C1CC12CCN(C(=O)C1CCCN(C(=O)C3CC3)C1)CC2. The molecule has 0 aromatic carbocycles. The molecule has 4 rings (SSSR count). The van der Waals surface area contributed by atoms with E-state index in [1.165, 1.54) is 0 Å². The lowest BCUT2D eigenvalue weighted by molar-refractivity contribution is -0.142. The van der Waals surface area contributed by atoms with E-state index in [-0.39, 0.29) is 35.0 Å². The van der Waals surface area contributed by atoms with Crippen molar-refractivity contribution in [2.24, 2.45) is 23.2 Å². The smallest absolute Gasteiger partial charge is 0.307 e. The molecule has 132 valence electrons. The van der Waals surface area contributed by atoms with Crippen LogP contribution in [-0.4, -0.2) is 58.9 Å². The Kier molecular flexibility index (Phi) is 3.81. The summed E-state index contributed by atoms with van der Waals surface area (Å²) in [7, 11) is 0. The molecule has 24 heavy (non-hydrogen) atoms. The van der Waals surface area contributed by atoms with Gasteiger partial charge in [0.1, 0.15) is 0 Å². The number of aliphatic carboxylic acids is 1. The molecule has 2 atom stereocenters. The van der Waals surface area contributed by atoms with Crippen molar-refractivity contribution in [3.8, 4) is 0 Å². The number of carboxylic acid groups (broad SMARTS) is 1. The van der Waals surface area contributed by atoms with Crippen LogP contribution in [0.25, 0.3) is 0 Å². The Balaban J connectivity index is 1.31. The standard InChI is InChI=1S/C18H26N2O4/c21-15(12-3-4-12)20-7-1-2-13(11-20)16(22)19-8-5-18(6-9-19)10-14(18)17(23)24/h12-14H,1-11H2,(H,23,24). The van der Waals surface area contributed by atoms with Gasteiger partial charge in [-0.15, -0.1) is 0 Å². The Morgan fingerprint density at radius 3 is 2.12 bits per heavy atom. The highest BCUT2D eigenvalue weighted by Crippen LogP contribution is 2.59. The van der Waals surface area contributed by atoms with Gasteiger partial charge < -0.3 is 14.9 Å². The average molecular weight is 334 g/mol. The monoisotopic (exact) mass is 334 g/mol. The number of hydrogen-bond acceptors (Lipinski definition) is 3. The van der Waals surface area contributed by atoms with E-state index in [1.54, 1.807) is 0 Å². The third kappa shape index (κ3) is 2.80. The minimum absolute atomic E-state index is 0.0385. The second kappa shape index (κ2) is 5.74. The van der Waals surface area contributed by atoms with E-state index in [0.717, 1.165) is 51.5 Å². The van der Waals surface area contributed by atoms with Crippen LogP contribution in [0.15, 0.2) is 0 Å². The topological polar surface area (TPSA) is 77.9 Å². The summed E-state index contributed by atoms with van der Waals surface area (Å²) in [5.41, 5.74) is -0.0385. The first kappa shape index (κ1) is 15.9. The third-order valence-electron chi connectivity index (χ3n) is 6.57. The summed E-state index contributed by atoms with van der Waals surface area (Å²) < 4.78 is 0. The van der Waals surface area contributed by atoms with Crippen LogP contribution in [0.3, 0.4) is 0 Å². The number of nitrogens with zero attached hydrogens (tertiary/aromatic N) is 2. The summed E-state index contributed by atoms with van der Waals surface area (Å²) in [4.78, 5) is 40.0. The van der Waals surface area contributed by atoms with E-state index in [1.807, 2.05) is 9.80 Å². The van der Waals surface area contributed by atoms with Crippen LogP contribution in [0.1, 0.15) is 44.9 Å². The fourth-order valence-corrected chi connectivity index (χ4v) is 4.65. The van der Waals surface area contributed by atoms with Crippen molar-refractivity contribution in [1.82, 2.24) is 9.80 Å². The van der Waals surface area contributed by atoms with Crippen LogP contribution in [0.2, 0.25) is 0 Å². The van der Waals surface area contributed by atoms with Gasteiger partial charge in [0.05, 0.1) is 11.8 Å². The molecule has 4 fully saturated rings. The molecule has 2 saturated heterocycles. The maximum Gasteiger partial charge on any atom is 0.307 e. The van der Waals surface area contributed by atoms with Gasteiger partial charge in [0, 0.05) is 32.1 Å². The number of hydrogen-bond donors (Lipinski definition) is 1. The van der Waals surface area contributed by atoms with Crippen molar-refractivity contribution in [2.45, 2.75) is 44.9 Å². The number of piperidine rings is 2. The zero-order valence-electron chi connectivity index (χ0n) is 14.1. The third-order valence-corrected chi connectivity index (χ3v) is 6.57. The van der Waals surface area contributed by atoms with Crippen molar-refractivity contribution >= 4 is 17.8 Å². The minimum atomic E-state index is -0.684. The first-order chi connectivity index (χ1) is 11.5. The largest absolute Gasteiger partial charge is 0.481 e. The van der Waals surface area contributed by atoms with Gasteiger partial charge in [-0.1, -0.05) is 0 Å². The fourth-order valence-electron chi connectivity index (χ4n) is 4.65. The van der Waals surface area contributed by atoms with Crippen LogP contribution in [0.4, 0.5) is 0 Å². The summed E-state index contributed by atoms with van der Waals surface area (Å²) in [5, 5.41) is 9.16. The van der Waals surface area contributed by atoms with Gasteiger partial charge in [0.25, 0.3) is 0 Å². The van der Waals surface area contributed by atoms with Crippen molar-refractivity contribution < 1.29 is 19.5 Å². The predicted octanol–water partition coefficient (Wildman–Crippen LogP) is 1.35. The highest BCUT2D eigenvalue weighted by atomic mass is 16.4. The van der Waals surface area contributed by atoms with Gasteiger partial charge in [-0.05, 0) is 50.4 Å². The number of rotatable bonds is 3. The molecular formula is C18H26N2O4. The van der Waals surface area contributed by atoms with E-state index >= 15 is 0 Å². The van der Waals surface area contributed by atoms with Gasteiger partial charge >= 0.3 is 5.97 Å². The second-order valence-corrected chi connectivity index (χ2v) is 8.18. The van der Waals surface area contributed by atoms with Gasteiger partial charge in [-0.25, -0.2) is 0 Å². The summed E-state index contributed by atoms with van der Waals surface area (Å²) in [5.74, 6) is -0.313. The number of carbonyl (C=O) groups is 3. The van der Waals surface area contributed by atoms with Crippen LogP contribution < -0.4 is 0 Å². The highest BCUT2D eigenvalue weighted by molar-refractivity contribution is 5.83. The van der Waals surface area contributed by atoms with Gasteiger partial charge in [0.15, 0.2) is 0 Å². The molecule has 2 unspecified atom stereocenters. The Morgan fingerprint density at radius 2 is 1.54 bits per heavy atom. The normalized spacial score (nSPS) is 31.8. The van der Waals surface area contributed by atoms with E-state index in [4.69, 9.17) is 5.11 Å². The number of carbonyl (C=O) groups excluding carboxylic acids is 2. The van der Waals surface area contributed by atoms with Crippen molar-refractivity contribution in [1.29, 1.82) is 0 Å². The molecule has 1 spiro atoms. The molecule has 6 nitrogen and oxygen atoms in total. The van der Waals surface area contributed by atoms with E-state index in [2.05, 4.69) is 0 Å². The molecule has 0 aromatic rings. The zero-order chi connectivity index (χ0) is 16.9. The van der Waals surface area contributed by atoms with E-state index in [9.17, 15) is 14.4 Å². The van der Waals surface area contributed by atoms with Gasteiger partial charge in [-0.2, -0.15) is 0 Å². The lowest BCUT2D eigenvalue weighted by Crippen LogP contribution is -2.49. The molecule has 0 radical (unpaired) electrons. The molecular weight excluding hydrogens is 308 g/mol. The molecule has 0 aromatic heterocycles. The fraction of sp³-hybridized carbons (Fsp3) is 0.833. The van der Waals surface area contributed by atoms with Crippen LogP contribution in [0.5, 0.6) is 0 Å². The number of carboxylic acids is 1. The molecule has 2 heterocycles. The van der Waals surface area contributed by atoms with E-state index < -0.39 is 5.97 Å². The second-order valence-electron chi connectivity index (χ2n) is 8.18. The molecule has 0 bridgehead atoms. The Morgan fingerprint density at radius 1 is 0.875 bits per heavy atom. The van der Waals surface area contributed by atoms with Crippen molar-refractivity contribution in [3.63, 3.8) is 0 Å². The summed E-state index contributed by atoms with van der Waals surface area (Å²) in [6, 6.07) is 0. The van der Waals surface area contributed by atoms with E-state index in [0.29, 0.717) is 19.6 Å². The number of likely N-dealkylation sites (tertiary alicyclic amines) is 2. The van der Waals surface area contributed by atoms with Crippen molar-refractivity contribution in [3.05, 3.63) is 0 Å². The summed E-state index contributed by atoms with van der Waals surface area (Å²) in [6.07, 6.45) is 6.19. The maximum absolute atomic E-state index is 12.8.